The molecule has 0 heterocycles. The Labute approximate surface area is 179 Å². The van der Waals surface area contributed by atoms with E-state index in [0.717, 1.165) is 6.42 Å². The first-order valence-electron chi connectivity index (χ1n) is 11.9. The Hall–Kier alpha value is -2.54. The van der Waals surface area contributed by atoms with E-state index in [1.807, 2.05) is 0 Å². The second-order valence-electron chi connectivity index (χ2n) is 9.63. The van der Waals surface area contributed by atoms with Crippen molar-refractivity contribution in [1.29, 1.82) is 0 Å². The summed E-state index contributed by atoms with van der Waals surface area (Å²) in [7, 11) is 0. The molecule has 0 aromatic heterocycles. The highest BCUT2D eigenvalue weighted by molar-refractivity contribution is 5.85. The summed E-state index contributed by atoms with van der Waals surface area (Å²) in [5.74, 6) is 1.67. The van der Waals surface area contributed by atoms with E-state index in [2.05, 4.69) is 54.6 Å². The van der Waals surface area contributed by atoms with Gasteiger partial charge < -0.3 is 5.11 Å². The van der Waals surface area contributed by atoms with Crippen LogP contribution in [0.3, 0.4) is 0 Å². The molecule has 3 aliphatic carbocycles. The summed E-state index contributed by atoms with van der Waals surface area (Å²) in [5.41, 5.74) is 10.8. The summed E-state index contributed by atoms with van der Waals surface area (Å²) in [4.78, 5) is 0. The van der Waals surface area contributed by atoms with Crippen molar-refractivity contribution in [3.8, 4) is 28.0 Å². The summed E-state index contributed by atoms with van der Waals surface area (Å²) in [6.07, 6.45) is 11.1. The van der Waals surface area contributed by atoms with Crippen molar-refractivity contribution < 1.29 is 5.11 Å². The number of hydrogen-bond donors (Lipinski definition) is 1. The first-order valence-corrected chi connectivity index (χ1v) is 11.9. The Bertz CT molecular complexity index is 1060. The van der Waals surface area contributed by atoms with Crippen LogP contribution in [0.4, 0.5) is 0 Å². The predicted molar refractivity (Wildman–Crippen MR) is 124 cm³/mol. The Morgan fingerprint density at radius 1 is 0.633 bits per heavy atom. The zero-order valence-corrected chi connectivity index (χ0v) is 17.7. The van der Waals surface area contributed by atoms with Crippen molar-refractivity contribution in [2.24, 2.45) is 0 Å². The lowest BCUT2D eigenvalue weighted by Gasteiger charge is -2.21. The topological polar surface area (TPSA) is 20.2 Å². The molecule has 1 nitrogen and oxygen atoms in total. The lowest BCUT2D eigenvalue weighted by Crippen LogP contribution is -2.01. The largest absolute Gasteiger partial charge is 0.507 e. The Balaban J connectivity index is 1.52. The highest BCUT2D eigenvalue weighted by atomic mass is 16.3. The molecule has 0 aliphatic heterocycles. The van der Waals surface area contributed by atoms with Crippen LogP contribution in [0.25, 0.3) is 22.3 Å². The quantitative estimate of drug-likeness (QED) is 0.374. The molecule has 0 unspecified atom stereocenters. The molecule has 1 N–H and O–H groups in total. The maximum Gasteiger partial charge on any atom is 0.122 e. The van der Waals surface area contributed by atoms with E-state index in [0.29, 0.717) is 17.6 Å². The van der Waals surface area contributed by atoms with Gasteiger partial charge in [-0.05, 0) is 101 Å². The molecule has 3 aromatic rings. The normalized spacial score (nSPS) is 18.7. The van der Waals surface area contributed by atoms with Crippen LogP contribution < -0.4 is 0 Å². The van der Waals surface area contributed by atoms with E-state index >= 15 is 0 Å². The number of benzene rings is 3. The molecule has 2 fully saturated rings. The minimum absolute atomic E-state index is 0.527. The zero-order chi connectivity index (χ0) is 20.1. The molecular formula is C29H30O. The van der Waals surface area contributed by atoms with Gasteiger partial charge in [-0.15, -0.1) is 0 Å². The standard InChI is InChI=1S/C29H30O/c30-29-26(19-8-1-2-9-19)17-22(18-27(29)20-10-3-4-11-20)24-14-7-15-25-23-13-6-5-12-21(23)16-28(24)25/h5-7,12-15,17-20,30H,1-4,8-11,16H2. The van der Waals surface area contributed by atoms with E-state index in [4.69, 9.17) is 0 Å². The molecule has 0 atom stereocenters. The maximum absolute atomic E-state index is 11.3. The summed E-state index contributed by atoms with van der Waals surface area (Å²) in [5, 5.41) is 11.3. The number of phenolic OH excluding ortho intramolecular Hbond substituents is 1. The molecule has 0 radical (unpaired) electrons. The van der Waals surface area contributed by atoms with Crippen LogP contribution in [-0.4, -0.2) is 5.11 Å². The smallest absolute Gasteiger partial charge is 0.122 e. The number of hydrogen-bond acceptors (Lipinski definition) is 1. The van der Waals surface area contributed by atoms with Crippen LogP contribution in [0.15, 0.2) is 54.6 Å². The van der Waals surface area contributed by atoms with E-state index in [1.54, 1.807) is 0 Å². The molecule has 0 amide bonds. The van der Waals surface area contributed by atoms with Crippen LogP contribution in [-0.2, 0) is 6.42 Å². The third kappa shape index (κ3) is 2.90. The van der Waals surface area contributed by atoms with Gasteiger partial charge in [-0.1, -0.05) is 68.1 Å². The lowest BCUT2D eigenvalue weighted by atomic mass is 9.85. The van der Waals surface area contributed by atoms with Crippen molar-refractivity contribution >= 4 is 0 Å². The summed E-state index contributed by atoms with van der Waals surface area (Å²) < 4.78 is 0. The maximum atomic E-state index is 11.3. The molecule has 30 heavy (non-hydrogen) atoms. The average Bonchev–Trinajstić information content (AvgIpc) is 3.54. The van der Waals surface area contributed by atoms with Gasteiger partial charge in [-0.25, -0.2) is 0 Å². The third-order valence-electron chi connectivity index (χ3n) is 7.92. The van der Waals surface area contributed by atoms with E-state index < -0.39 is 0 Å². The van der Waals surface area contributed by atoms with Crippen LogP contribution in [0.5, 0.6) is 5.75 Å². The molecular weight excluding hydrogens is 364 g/mol. The fourth-order valence-electron chi connectivity index (χ4n) is 6.36. The minimum Gasteiger partial charge on any atom is -0.507 e. The van der Waals surface area contributed by atoms with Crippen LogP contribution in [0.2, 0.25) is 0 Å². The summed E-state index contributed by atoms with van der Waals surface area (Å²) >= 11 is 0. The van der Waals surface area contributed by atoms with Gasteiger partial charge in [-0.2, -0.15) is 0 Å². The second kappa shape index (κ2) is 7.30. The molecule has 2 saturated carbocycles. The van der Waals surface area contributed by atoms with Gasteiger partial charge in [0.1, 0.15) is 5.75 Å². The van der Waals surface area contributed by atoms with Crippen molar-refractivity contribution in [3.63, 3.8) is 0 Å². The zero-order valence-electron chi connectivity index (χ0n) is 17.7. The van der Waals surface area contributed by atoms with Crippen molar-refractivity contribution in [2.75, 3.05) is 0 Å². The van der Waals surface area contributed by atoms with Gasteiger partial charge >= 0.3 is 0 Å². The molecule has 1 heteroatoms. The first-order chi connectivity index (χ1) is 14.8. The fraction of sp³-hybridized carbons (Fsp3) is 0.379. The highest BCUT2D eigenvalue weighted by Gasteiger charge is 2.28. The predicted octanol–water partition coefficient (Wildman–Crippen LogP) is 7.95. The summed E-state index contributed by atoms with van der Waals surface area (Å²) in [6.45, 7) is 0. The van der Waals surface area contributed by atoms with Gasteiger partial charge in [0.25, 0.3) is 0 Å². The Morgan fingerprint density at radius 2 is 1.20 bits per heavy atom. The van der Waals surface area contributed by atoms with Crippen LogP contribution >= 0.6 is 0 Å². The summed E-state index contributed by atoms with van der Waals surface area (Å²) in [6, 6.07) is 20.3. The molecule has 6 rings (SSSR count). The van der Waals surface area contributed by atoms with E-state index in [9.17, 15) is 5.11 Å². The number of aromatic hydroxyl groups is 1. The second-order valence-corrected chi connectivity index (χ2v) is 9.63. The third-order valence-corrected chi connectivity index (χ3v) is 7.92. The molecule has 152 valence electrons. The lowest BCUT2D eigenvalue weighted by molar-refractivity contribution is 0.447. The van der Waals surface area contributed by atoms with Gasteiger partial charge in [0, 0.05) is 0 Å². The number of phenols is 1. The van der Waals surface area contributed by atoms with Crippen molar-refractivity contribution in [2.45, 2.75) is 69.6 Å². The monoisotopic (exact) mass is 394 g/mol. The SMILES string of the molecule is Oc1c(C2CCCC2)cc(-c2cccc3c2Cc2ccccc2-3)cc1C1CCCC1. The van der Waals surface area contributed by atoms with E-state index in [1.165, 1.54) is 95.9 Å². The molecule has 3 aliphatic rings. The molecule has 0 saturated heterocycles. The Kier molecular flexibility index (Phi) is 4.44. The highest BCUT2D eigenvalue weighted by Crippen LogP contribution is 2.48. The van der Waals surface area contributed by atoms with Gasteiger partial charge in [0.2, 0.25) is 0 Å². The fourth-order valence-corrected chi connectivity index (χ4v) is 6.36. The van der Waals surface area contributed by atoms with Gasteiger partial charge in [-0.3, -0.25) is 0 Å². The molecule has 3 aromatic carbocycles. The van der Waals surface area contributed by atoms with Gasteiger partial charge in [0.15, 0.2) is 0 Å². The molecule has 0 spiro atoms. The number of fused-ring (bicyclic) bond motifs is 3. The van der Waals surface area contributed by atoms with Crippen LogP contribution in [0.1, 0.15) is 85.5 Å². The van der Waals surface area contributed by atoms with Crippen molar-refractivity contribution in [1.82, 2.24) is 0 Å². The number of rotatable bonds is 3. The first kappa shape index (κ1) is 18.2. The van der Waals surface area contributed by atoms with Gasteiger partial charge in [0.05, 0.1) is 0 Å². The van der Waals surface area contributed by atoms with Crippen molar-refractivity contribution in [3.05, 3.63) is 76.9 Å². The average molecular weight is 395 g/mol. The Morgan fingerprint density at radius 3 is 1.87 bits per heavy atom. The molecule has 0 bridgehead atoms. The van der Waals surface area contributed by atoms with Crippen LogP contribution in [0, 0.1) is 0 Å². The minimum atomic E-state index is 0.527. The van der Waals surface area contributed by atoms with E-state index in [-0.39, 0.29) is 0 Å².